The van der Waals surface area contributed by atoms with Crippen LogP contribution in [0.25, 0.3) is 0 Å². The van der Waals surface area contributed by atoms with Gasteiger partial charge < -0.3 is 10.2 Å². The molecule has 1 saturated heterocycles. The van der Waals surface area contributed by atoms with Crippen LogP contribution >= 0.6 is 0 Å². The molecule has 7 heteroatoms. The van der Waals surface area contributed by atoms with Crippen LogP contribution in [-0.2, 0) is 26.1 Å². The molecule has 2 aromatic rings. The van der Waals surface area contributed by atoms with Gasteiger partial charge >= 0.3 is 0 Å². The Labute approximate surface area is 154 Å². The average molecular weight is 354 g/mol. The van der Waals surface area contributed by atoms with E-state index in [-0.39, 0.29) is 5.91 Å². The maximum Gasteiger partial charge on any atom is 0.274 e. The van der Waals surface area contributed by atoms with Crippen molar-refractivity contribution in [2.24, 2.45) is 0 Å². The number of aromatic nitrogens is 3. The number of hydrogen-bond acceptors (Lipinski definition) is 5. The number of amides is 1. The van der Waals surface area contributed by atoms with Gasteiger partial charge in [-0.25, -0.2) is 0 Å². The molecule has 2 aliphatic heterocycles. The minimum Gasteiger partial charge on any atom is -0.335 e. The average Bonchev–Trinajstić information content (AvgIpc) is 3.08. The minimum absolute atomic E-state index is 0.0840. The minimum atomic E-state index is 0.0840. The maximum absolute atomic E-state index is 13.1. The van der Waals surface area contributed by atoms with Crippen LogP contribution in [0.4, 0.5) is 0 Å². The molecule has 1 fully saturated rings. The number of nitrogens with zero attached hydrogens (tertiary/aromatic N) is 5. The van der Waals surface area contributed by atoms with Crippen LogP contribution < -0.4 is 5.32 Å². The summed E-state index contributed by atoms with van der Waals surface area (Å²) in [6.07, 6.45) is 4.61. The number of nitrogens with one attached hydrogen (secondary N) is 1. The van der Waals surface area contributed by atoms with Gasteiger partial charge in [0.05, 0.1) is 0 Å². The Morgan fingerprint density at radius 1 is 1.19 bits per heavy atom. The van der Waals surface area contributed by atoms with Gasteiger partial charge in [0.15, 0.2) is 5.69 Å². The highest BCUT2D eigenvalue weighted by Crippen LogP contribution is 2.21. The quantitative estimate of drug-likeness (QED) is 0.884. The molecule has 0 bridgehead atoms. The van der Waals surface area contributed by atoms with Crippen molar-refractivity contribution in [1.82, 2.24) is 29.9 Å². The molecule has 1 amide bonds. The first-order valence-electron chi connectivity index (χ1n) is 9.46. The Hall–Kier alpha value is -2.25. The van der Waals surface area contributed by atoms with Gasteiger partial charge in [-0.3, -0.25) is 19.4 Å². The van der Waals surface area contributed by atoms with Crippen molar-refractivity contribution in [2.75, 3.05) is 32.7 Å². The third-order valence-corrected chi connectivity index (χ3v) is 5.32. The summed E-state index contributed by atoms with van der Waals surface area (Å²) in [5, 5.41) is 8.01. The fourth-order valence-electron chi connectivity index (χ4n) is 3.86. The zero-order valence-corrected chi connectivity index (χ0v) is 15.3. The molecular weight excluding hydrogens is 328 g/mol. The highest BCUT2D eigenvalue weighted by Gasteiger charge is 2.29. The van der Waals surface area contributed by atoms with E-state index in [0.717, 1.165) is 64.3 Å². The fraction of sp³-hybridized carbons (Fsp3) is 0.526. The van der Waals surface area contributed by atoms with Crippen LogP contribution in [-0.4, -0.2) is 63.2 Å². The molecule has 0 radical (unpaired) electrons. The summed E-state index contributed by atoms with van der Waals surface area (Å²) in [6.45, 7) is 8.81. The van der Waals surface area contributed by atoms with Crippen LogP contribution in [0.1, 0.15) is 34.2 Å². The lowest BCUT2D eigenvalue weighted by atomic mass is 10.1. The van der Waals surface area contributed by atoms with Crippen molar-refractivity contribution in [3.05, 3.63) is 47.0 Å². The molecule has 26 heavy (non-hydrogen) atoms. The molecule has 4 rings (SSSR count). The second-order valence-electron chi connectivity index (χ2n) is 6.94. The zero-order chi connectivity index (χ0) is 17.9. The molecule has 0 unspecified atom stereocenters. The molecule has 2 aliphatic rings. The van der Waals surface area contributed by atoms with Crippen LogP contribution in [0.5, 0.6) is 0 Å². The number of aryl methyl sites for hydroxylation is 1. The van der Waals surface area contributed by atoms with E-state index in [1.165, 1.54) is 11.3 Å². The lowest BCUT2D eigenvalue weighted by Crippen LogP contribution is -2.48. The smallest absolute Gasteiger partial charge is 0.274 e. The Morgan fingerprint density at radius 3 is 2.69 bits per heavy atom. The van der Waals surface area contributed by atoms with Crippen molar-refractivity contribution in [2.45, 2.75) is 33.0 Å². The first kappa shape index (κ1) is 17.2. The number of carbonyl (C=O) groups is 1. The maximum atomic E-state index is 13.1. The van der Waals surface area contributed by atoms with E-state index in [4.69, 9.17) is 0 Å². The topological polar surface area (TPSA) is 66.3 Å². The van der Waals surface area contributed by atoms with Gasteiger partial charge in [-0.2, -0.15) is 5.10 Å². The van der Waals surface area contributed by atoms with Gasteiger partial charge in [0.1, 0.15) is 0 Å². The number of piperazine rings is 1. The molecule has 2 aromatic heterocycles. The number of rotatable bonds is 4. The summed E-state index contributed by atoms with van der Waals surface area (Å²) in [7, 11) is 0. The monoisotopic (exact) mass is 354 g/mol. The van der Waals surface area contributed by atoms with Crippen molar-refractivity contribution in [3.8, 4) is 0 Å². The van der Waals surface area contributed by atoms with Crippen molar-refractivity contribution < 1.29 is 4.79 Å². The molecule has 4 heterocycles. The number of pyridine rings is 1. The summed E-state index contributed by atoms with van der Waals surface area (Å²) in [5.41, 5.74) is 4.24. The summed E-state index contributed by atoms with van der Waals surface area (Å²) < 4.78 is 2.00. The third kappa shape index (κ3) is 3.37. The molecule has 138 valence electrons. The van der Waals surface area contributed by atoms with E-state index < -0.39 is 0 Å². The second-order valence-corrected chi connectivity index (χ2v) is 6.94. The van der Waals surface area contributed by atoms with Gasteiger partial charge in [0, 0.05) is 82.4 Å². The van der Waals surface area contributed by atoms with Crippen LogP contribution in [0.2, 0.25) is 0 Å². The number of fused-ring (bicyclic) bond motifs is 1. The van der Waals surface area contributed by atoms with Gasteiger partial charge in [0.25, 0.3) is 5.91 Å². The number of hydrogen-bond donors (Lipinski definition) is 1. The van der Waals surface area contributed by atoms with Gasteiger partial charge in [0.2, 0.25) is 0 Å². The zero-order valence-electron chi connectivity index (χ0n) is 15.3. The van der Waals surface area contributed by atoms with E-state index in [9.17, 15) is 4.79 Å². The lowest BCUT2D eigenvalue weighted by molar-refractivity contribution is 0.0620. The summed E-state index contributed by atoms with van der Waals surface area (Å²) in [4.78, 5) is 21.5. The van der Waals surface area contributed by atoms with Crippen molar-refractivity contribution in [3.63, 3.8) is 0 Å². The lowest BCUT2D eigenvalue weighted by Gasteiger charge is -2.34. The summed E-state index contributed by atoms with van der Waals surface area (Å²) in [5.74, 6) is 0.0840. The molecule has 0 atom stereocenters. The Bertz CT molecular complexity index is 764. The standard InChI is InChI=1S/C19H26N6O/c1-2-25-17-5-8-21-13-16(17)18(22-25)19(26)24-11-9-23(10-12-24)14-15-3-6-20-7-4-15/h3-4,6-7,21H,2,5,8-14H2,1H3. The predicted octanol–water partition coefficient (Wildman–Crippen LogP) is 0.902. The second kappa shape index (κ2) is 7.55. The summed E-state index contributed by atoms with van der Waals surface area (Å²) in [6, 6.07) is 4.10. The highest BCUT2D eigenvalue weighted by molar-refractivity contribution is 5.94. The Balaban J connectivity index is 1.42. The molecule has 0 aromatic carbocycles. The first-order chi connectivity index (χ1) is 12.8. The Kier molecular flexibility index (Phi) is 4.99. The Morgan fingerprint density at radius 2 is 1.96 bits per heavy atom. The van der Waals surface area contributed by atoms with Crippen molar-refractivity contribution in [1.29, 1.82) is 0 Å². The number of carbonyl (C=O) groups excluding carboxylic acids is 1. The van der Waals surface area contributed by atoms with E-state index >= 15 is 0 Å². The van der Waals surface area contributed by atoms with Gasteiger partial charge in [-0.1, -0.05) is 0 Å². The van der Waals surface area contributed by atoms with Crippen molar-refractivity contribution >= 4 is 5.91 Å². The van der Waals surface area contributed by atoms with Gasteiger partial charge in [-0.15, -0.1) is 0 Å². The normalized spacial score (nSPS) is 18.0. The summed E-state index contributed by atoms with van der Waals surface area (Å²) >= 11 is 0. The molecule has 1 N–H and O–H groups in total. The SMILES string of the molecule is CCn1nc(C(=O)N2CCN(Cc3ccncc3)CC2)c2c1CCNC2. The van der Waals surface area contributed by atoms with Gasteiger partial charge in [-0.05, 0) is 24.6 Å². The molecule has 7 nitrogen and oxygen atoms in total. The molecule has 0 saturated carbocycles. The molecule has 0 spiro atoms. The van der Waals surface area contributed by atoms with Crippen LogP contribution in [0, 0.1) is 0 Å². The van der Waals surface area contributed by atoms with E-state index in [2.05, 4.69) is 27.2 Å². The van der Waals surface area contributed by atoms with Crippen LogP contribution in [0.3, 0.4) is 0 Å². The van der Waals surface area contributed by atoms with E-state index in [1.807, 2.05) is 34.1 Å². The van der Waals surface area contributed by atoms with E-state index in [1.54, 1.807) is 0 Å². The first-order valence-corrected chi connectivity index (χ1v) is 9.46. The third-order valence-electron chi connectivity index (χ3n) is 5.32. The largest absolute Gasteiger partial charge is 0.335 e. The molecule has 0 aliphatic carbocycles. The molecular formula is C19H26N6O. The highest BCUT2D eigenvalue weighted by atomic mass is 16.2. The predicted molar refractivity (Wildman–Crippen MR) is 98.7 cm³/mol. The fourth-order valence-corrected chi connectivity index (χ4v) is 3.86. The van der Waals surface area contributed by atoms with Crippen LogP contribution in [0.15, 0.2) is 24.5 Å². The van der Waals surface area contributed by atoms with E-state index in [0.29, 0.717) is 5.69 Å².